The van der Waals surface area contributed by atoms with Crippen molar-refractivity contribution in [3.8, 4) is 0 Å². The maximum atomic E-state index is 13.8. The molecule has 32 heavy (non-hydrogen) atoms. The van der Waals surface area contributed by atoms with E-state index in [0.717, 1.165) is 0 Å². The number of ether oxygens (including phenoxy) is 1. The molecule has 7 atom stereocenters. The number of nitrogens with zero attached hydrogens (tertiary/aromatic N) is 1. The average molecular weight is 491 g/mol. The Balaban J connectivity index is 1.55. The lowest BCUT2D eigenvalue weighted by Crippen LogP contribution is -2.76. The van der Waals surface area contributed by atoms with Crippen LogP contribution in [0.3, 0.4) is 0 Å². The third kappa shape index (κ3) is 7.27. The number of sulfonamides is 1. The van der Waals surface area contributed by atoms with Crippen molar-refractivity contribution in [1.29, 1.82) is 0 Å². The molecule has 2 heterocycles. The fourth-order valence-electron chi connectivity index (χ4n) is 4.52. The summed E-state index contributed by atoms with van der Waals surface area (Å²) in [5.74, 6) is -1.97. The van der Waals surface area contributed by atoms with Gasteiger partial charge in [-0.05, 0) is 39.0 Å². The summed E-state index contributed by atoms with van der Waals surface area (Å²) in [6.45, 7) is 3.08. The van der Waals surface area contributed by atoms with Gasteiger partial charge in [-0.3, -0.25) is 26.6 Å². The molecule has 1 saturated carbocycles. The van der Waals surface area contributed by atoms with Crippen molar-refractivity contribution in [2.45, 2.75) is 82.4 Å². The highest BCUT2D eigenvalue weighted by atomic mass is 32.3. The van der Waals surface area contributed by atoms with E-state index in [1.807, 2.05) is 6.92 Å². The van der Waals surface area contributed by atoms with Crippen LogP contribution in [-0.2, 0) is 19.3 Å². The summed E-state index contributed by atoms with van der Waals surface area (Å²) >= 11 is 0. The molecule has 0 aromatic carbocycles. The Morgan fingerprint density at radius 2 is 1.66 bits per heavy atom. The van der Waals surface area contributed by atoms with E-state index in [9.17, 15) is 26.3 Å². The zero-order valence-electron chi connectivity index (χ0n) is 18.3. The smallest absolute Gasteiger partial charge is 0.394 e. The Kier molecular flexibility index (Phi) is 8.88. The Hall–Kier alpha value is -0.450. The average Bonchev–Trinajstić information content (AvgIpc) is 2.68. The minimum Gasteiger partial charge on any atom is -0.598 e. The molecule has 188 valence electrons. The molecule has 5 N–H and O–H groups in total. The highest BCUT2D eigenvalue weighted by molar-refractivity contribution is 7.94. The van der Waals surface area contributed by atoms with Crippen molar-refractivity contribution in [3.63, 3.8) is 0 Å². The Labute approximate surface area is 187 Å². The molecular formula is C18H34F4N6O3S. The predicted molar refractivity (Wildman–Crippen MR) is 110 cm³/mol. The van der Waals surface area contributed by atoms with E-state index in [2.05, 4.69) is 26.6 Å². The number of nitrogens with one attached hydrogen (secondary N) is 5. The topological polar surface area (TPSA) is 113 Å². The summed E-state index contributed by atoms with van der Waals surface area (Å²) in [4.78, 5) is 0. The molecule has 2 aliphatic heterocycles. The van der Waals surface area contributed by atoms with Crippen LogP contribution in [0.15, 0.2) is 0 Å². The van der Waals surface area contributed by atoms with Crippen LogP contribution in [0.25, 0.3) is 0 Å². The van der Waals surface area contributed by atoms with E-state index >= 15 is 0 Å². The standard InChI is InChI=1S/C18H34F4N6O3S/c1-3-31-17-26-15(23-11-6-8-28(9-7-11)32(2,29)30)25-16(27-17)24-12-4-5-14(19)13(10-12)18(20,21)22/h11-17,23-27H,3-10H2,1-2H3. The normalized spacial score (nSPS) is 37.8. The van der Waals surface area contributed by atoms with E-state index in [0.29, 0.717) is 39.0 Å². The van der Waals surface area contributed by atoms with Gasteiger partial charge in [-0.15, -0.1) is 4.31 Å². The molecule has 0 aromatic heterocycles. The van der Waals surface area contributed by atoms with Crippen molar-refractivity contribution < 1.29 is 31.1 Å². The van der Waals surface area contributed by atoms with Crippen molar-refractivity contribution in [1.82, 2.24) is 30.9 Å². The molecule has 3 aliphatic rings. The summed E-state index contributed by atoms with van der Waals surface area (Å²) in [7, 11) is -3.22. The summed E-state index contributed by atoms with van der Waals surface area (Å²) in [5.41, 5.74) is 0. The van der Waals surface area contributed by atoms with E-state index in [-0.39, 0.29) is 18.9 Å². The molecule has 2 saturated heterocycles. The van der Waals surface area contributed by atoms with Gasteiger partial charge in [0.15, 0.2) is 6.35 Å². The van der Waals surface area contributed by atoms with Crippen LogP contribution in [0.2, 0.25) is 0 Å². The first-order chi connectivity index (χ1) is 15.0. The maximum Gasteiger partial charge on any atom is 0.394 e. The monoisotopic (exact) mass is 490 g/mol. The summed E-state index contributed by atoms with van der Waals surface area (Å²) < 4.78 is 83.7. The lowest BCUT2D eigenvalue weighted by Gasteiger charge is -2.43. The first kappa shape index (κ1) is 26.2. The fraction of sp³-hybridized carbons (Fsp3) is 1.00. The van der Waals surface area contributed by atoms with Gasteiger partial charge in [0.2, 0.25) is 0 Å². The lowest BCUT2D eigenvalue weighted by molar-refractivity contribution is -0.200. The van der Waals surface area contributed by atoms with E-state index < -0.39 is 53.6 Å². The highest BCUT2D eigenvalue weighted by Gasteiger charge is 2.48. The molecule has 3 fully saturated rings. The van der Waals surface area contributed by atoms with Crippen LogP contribution in [-0.4, -0.2) is 78.2 Å². The van der Waals surface area contributed by atoms with Gasteiger partial charge >= 0.3 is 6.18 Å². The first-order valence-electron chi connectivity index (χ1n) is 11.0. The van der Waals surface area contributed by atoms with Crippen molar-refractivity contribution in [2.24, 2.45) is 5.92 Å². The molecule has 14 heteroatoms. The van der Waals surface area contributed by atoms with E-state index in [4.69, 9.17) is 4.74 Å². The predicted octanol–water partition coefficient (Wildman–Crippen LogP) is 0.544. The van der Waals surface area contributed by atoms with Gasteiger partial charge in [0.1, 0.15) is 35.4 Å². The molecule has 0 radical (unpaired) electrons. The van der Waals surface area contributed by atoms with E-state index in [1.165, 1.54) is 10.6 Å². The van der Waals surface area contributed by atoms with Crippen LogP contribution in [0.4, 0.5) is 17.6 Å². The zero-order chi connectivity index (χ0) is 23.5. The van der Waals surface area contributed by atoms with Crippen LogP contribution in [0, 0.1) is 5.92 Å². The number of hydrogen-bond acceptors (Lipinski definition) is 8. The quantitative estimate of drug-likeness (QED) is 0.260. The maximum absolute atomic E-state index is 13.8. The molecule has 0 bridgehead atoms. The summed E-state index contributed by atoms with van der Waals surface area (Å²) in [6, 6.07) is -0.451. The van der Waals surface area contributed by atoms with Crippen molar-refractivity contribution in [3.05, 3.63) is 0 Å². The van der Waals surface area contributed by atoms with Gasteiger partial charge in [0.05, 0.1) is 5.92 Å². The number of hydrogen-bond donors (Lipinski definition) is 5. The minimum absolute atomic E-state index is 0.0515. The molecule has 0 aromatic rings. The highest BCUT2D eigenvalue weighted by Crippen LogP contribution is 2.39. The van der Waals surface area contributed by atoms with Gasteiger partial charge in [-0.1, -0.05) is 4.21 Å². The number of halogens is 4. The van der Waals surface area contributed by atoms with Crippen LogP contribution in [0.1, 0.15) is 39.0 Å². The third-order valence-corrected chi connectivity index (χ3v) is 7.52. The van der Waals surface area contributed by atoms with E-state index in [1.54, 1.807) is 0 Å². The van der Waals surface area contributed by atoms with Gasteiger partial charge in [0, 0.05) is 31.8 Å². The molecular weight excluding hydrogens is 456 g/mol. The Morgan fingerprint density at radius 3 is 2.19 bits per heavy atom. The molecule has 3 rings (SSSR count). The molecule has 7 unspecified atom stereocenters. The van der Waals surface area contributed by atoms with Crippen LogP contribution in [0.5, 0.6) is 0 Å². The summed E-state index contributed by atoms with van der Waals surface area (Å²) in [5, 5.41) is 16.0. The van der Waals surface area contributed by atoms with Crippen LogP contribution >= 0.6 is 0 Å². The number of rotatable bonds is 7. The van der Waals surface area contributed by atoms with Crippen LogP contribution < -0.4 is 26.6 Å². The van der Waals surface area contributed by atoms with Crippen molar-refractivity contribution >= 4 is 10.4 Å². The number of alkyl halides is 4. The second-order valence-electron chi connectivity index (χ2n) is 8.65. The van der Waals surface area contributed by atoms with Gasteiger partial charge in [-0.25, -0.2) is 4.39 Å². The minimum atomic E-state index is -4.56. The Bertz CT molecular complexity index is 649. The largest absolute Gasteiger partial charge is 0.598 e. The van der Waals surface area contributed by atoms with Gasteiger partial charge in [-0.2, -0.15) is 13.2 Å². The third-order valence-electron chi connectivity index (χ3n) is 6.22. The molecule has 0 spiro atoms. The second-order valence-corrected chi connectivity index (χ2v) is 10.6. The summed E-state index contributed by atoms with van der Waals surface area (Å²) in [6.07, 6.45) is -5.66. The first-order valence-corrected chi connectivity index (χ1v) is 12.9. The zero-order valence-corrected chi connectivity index (χ0v) is 19.1. The molecule has 1 aliphatic carbocycles. The molecule has 9 nitrogen and oxygen atoms in total. The lowest BCUT2D eigenvalue weighted by atomic mass is 9.83. The van der Waals surface area contributed by atoms with Crippen molar-refractivity contribution in [2.75, 3.05) is 26.0 Å². The SMILES string of the molecule is CCOC1NC(NC2CCN([S+](C)(=O)[O-])CC2)NC(NC2CCC(F)C(C(F)(F)F)C2)N1. The fourth-order valence-corrected chi connectivity index (χ4v) is 5.39. The van der Waals surface area contributed by atoms with Gasteiger partial charge < -0.3 is 9.29 Å². The Morgan fingerprint density at radius 1 is 1.06 bits per heavy atom. The van der Waals surface area contributed by atoms with Gasteiger partial charge in [0.25, 0.3) is 0 Å². The second kappa shape index (κ2) is 10.9. The molecule has 0 amide bonds. The number of piperidine rings is 1.